The molecular formula is C16H26N2O2. The summed E-state index contributed by atoms with van der Waals surface area (Å²) in [6.45, 7) is 4.08. The molecule has 0 aromatic carbocycles. The van der Waals surface area contributed by atoms with Crippen LogP contribution in [0.1, 0.15) is 44.6 Å². The lowest BCUT2D eigenvalue weighted by Gasteiger charge is -2.28. The van der Waals surface area contributed by atoms with E-state index < -0.39 is 0 Å². The third kappa shape index (κ3) is 4.76. The van der Waals surface area contributed by atoms with Crippen molar-refractivity contribution in [3.63, 3.8) is 0 Å². The van der Waals surface area contributed by atoms with Gasteiger partial charge in [0.1, 0.15) is 6.10 Å². The number of aromatic nitrogens is 1. The lowest BCUT2D eigenvalue weighted by Crippen LogP contribution is -2.29. The Balaban J connectivity index is 1.87. The van der Waals surface area contributed by atoms with E-state index in [9.17, 15) is 0 Å². The van der Waals surface area contributed by atoms with Crippen molar-refractivity contribution >= 4 is 0 Å². The second-order valence-electron chi connectivity index (χ2n) is 5.44. The van der Waals surface area contributed by atoms with Crippen LogP contribution in [0.25, 0.3) is 0 Å². The van der Waals surface area contributed by atoms with Crippen LogP contribution in [-0.4, -0.2) is 30.8 Å². The summed E-state index contributed by atoms with van der Waals surface area (Å²) in [6, 6.07) is 4.08. The average molecular weight is 278 g/mol. The van der Waals surface area contributed by atoms with E-state index in [-0.39, 0.29) is 6.10 Å². The fourth-order valence-corrected chi connectivity index (χ4v) is 2.63. The van der Waals surface area contributed by atoms with Crippen LogP contribution in [0.15, 0.2) is 18.3 Å². The van der Waals surface area contributed by atoms with Crippen LogP contribution in [0.3, 0.4) is 0 Å². The van der Waals surface area contributed by atoms with Gasteiger partial charge in [-0.2, -0.15) is 0 Å². The summed E-state index contributed by atoms with van der Waals surface area (Å²) < 4.78 is 11.5. The number of hydrogen-bond donors (Lipinski definition) is 1. The van der Waals surface area contributed by atoms with Gasteiger partial charge in [-0.3, -0.25) is 0 Å². The molecule has 0 aliphatic heterocycles. The quantitative estimate of drug-likeness (QED) is 0.779. The van der Waals surface area contributed by atoms with E-state index in [0.29, 0.717) is 6.10 Å². The van der Waals surface area contributed by atoms with Crippen molar-refractivity contribution in [1.29, 1.82) is 0 Å². The summed E-state index contributed by atoms with van der Waals surface area (Å²) in [7, 11) is 1.78. The number of hydrogen-bond acceptors (Lipinski definition) is 4. The molecule has 1 saturated carbocycles. The lowest BCUT2D eigenvalue weighted by molar-refractivity contribution is 0.0195. The van der Waals surface area contributed by atoms with Crippen LogP contribution in [-0.2, 0) is 11.3 Å². The number of rotatable bonds is 7. The van der Waals surface area contributed by atoms with Gasteiger partial charge in [0.15, 0.2) is 0 Å². The topological polar surface area (TPSA) is 43.4 Å². The van der Waals surface area contributed by atoms with Crippen molar-refractivity contribution in [2.75, 3.05) is 13.7 Å². The molecule has 4 heteroatoms. The first-order valence-corrected chi connectivity index (χ1v) is 7.67. The summed E-state index contributed by atoms with van der Waals surface area (Å²) >= 11 is 0. The maximum absolute atomic E-state index is 6.02. The Labute approximate surface area is 121 Å². The van der Waals surface area contributed by atoms with Gasteiger partial charge in [0.2, 0.25) is 5.88 Å². The summed E-state index contributed by atoms with van der Waals surface area (Å²) in [4.78, 5) is 4.32. The Morgan fingerprint density at radius 3 is 3.00 bits per heavy atom. The van der Waals surface area contributed by atoms with Crippen LogP contribution in [0.5, 0.6) is 5.88 Å². The molecule has 0 amide bonds. The van der Waals surface area contributed by atoms with Crippen molar-refractivity contribution in [2.24, 2.45) is 0 Å². The van der Waals surface area contributed by atoms with E-state index in [1.165, 1.54) is 12.0 Å². The SMILES string of the molecule is CCCNCc1ccnc(OC2CCCC(OC)C2)c1. The van der Waals surface area contributed by atoms with Crippen LogP contribution in [0.4, 0.5) is 0 Å². The third-order valence-electron chi connectivity index (χ3n) is 3.75. The molecule has 2 rings (SSSR count). The van der Waals surface area contributed by atoms with Gasteiger partial charge in [-0.25, -0.2) is 4.98 Å². The number of nitrogens with one attached hydrogen (secondary N) is 1. The monoisotopic (exact) mass is 278 g/mol. The van der Waals surface area contributed by atoms with Crippen molar-refractivity contribution < 1.29 is 9.47 Å². The van der Waals surface area contributed by atoms with Gasteiger partial charge in [-0.05, 0) is 43.9 Å². The number of methoxy groups -OCH3 is 1. The largest absolute Gasteiger partial charge is 0.474 e. The predicted octanol–water partition coefficient (Wildman–Crippen LogP) is 2.92. The Morgan fingerprint density at radius 1 is 1.35 bits per heavy atom. The summed E-state index contributed by atoms with van der Waals surface area (Å²) in [5.41, 5.74) is 1.22. The van der Waals surface area contributed by atoms with E-state index in [2.05, 4.69) is 17.2 Å². The number of nitrogens with zero attached hydrogens (tertiary/aromatic N) is 1. The summed E-state index contributed by atoms with van der Waals surface area (Å²) in [5, 5.41) is 3.40. The minimum absolute atomic E-state index is 0.236. The maximum atomic E-state index is 6.02. The first-order valence-electron chi connectivity index (χ1n) is 7.67. The highest BCUT2D eigenvalue weighted by Gasteiger charge is 2.23. The second kappa shape index (κ2) is 8.22. The summed E-state index contributed by atoms with van der Waals surface area (Å²) in [6.07, 6.45) is 7.93. The first-order chi connectivity index (χ1) is 9.81. The van der Waals surface area contributed by atoms with Gasteiger partial charge >= 0.3 is 0 Å². The van der Waals surface area contributed by atoms with Gasteiger partial charge in [0.25, 0.3) is 0 Å². The van der Waals surface area contributed by atoms with Crippen LogP contribution >= 0.6 is 0 Å². The van der Waals surface area contributed by atoms with Crippen LogP contribution in [0, 0.1) is 0 Å². The molecule has 0 saturated heterocycles. The van der Waals surface area contributed by atoms with Crippen LogP contribution < -0.4 is 10.1 Å². The smallest absolute Gasteiger partial charge is 0.213 e. The highest BCUT2D eigenvalue weighted by Crippen LogP contribution is 2.24. The van der Waals surface area contributed by atoms with Gasteiger partial charge < -0.3 is 14.8 Å². The van der Waals surface area contributed by atoms with Gasteiger partial charge in [-0.15, -0.1) is 0 Å². The van der Waals surface area contributed by atoms with Crippen LogP contribution in [0.2, 0.25) is 0 Å². The van der Waals surface area contributed by atoms with Gasteiger partial charge in [0.05, 0.1) is 6.10 Å². The zero-order valence-electron chi connectivity index (χ0n) is 12.6. The second-order valence-corrected chi connectivity index (χ2v) is 5.44. The maximum Gasteiger partial charge on any atom is 0.213 e. The lowest BCUT2D eigenvalue weighted by atomic mass is 9.95. The Bertz CT molecular complexity index is 398. The fraction of sp³-hybridized carbons (Fsp3) is 0.688. The molecule has 1 aliphatic carbocycles. The molecule has 1 heterocycles. The van der Waals surface area contributed by atoms with E-state index >= 15 is 0 Å². The molecule has 0 radical (unpaired) electrons. The molecule has 1 aromatic rings. The predicted molar refractivity (Wildman–Crippen MR) is 79.9 cm³/mol. The molecule has 0 spiro atoms. The highest BCUT2D eigenvalue weighted by atomic mass is 16.5. The standard InChI is InChI=1S/C16H26N2O2/c1-3-8-17-12-13-7-9-18-16(10-13)20-15-6-4-5-14(11-15)19-2/h7,9-10,14-15,17H,3-6,8,11-12H2,1-2H3. The Hall–Kier alpha value is -1.13. The molecule has 1 aromatic heterocycles. The van der Waals surface area contributed by atoms with E-state index in [4.69, 9.17) is 9.47 Å². The average Bonchev–Trinajstić information content (AvgIpc) is 2.48. The van der Waals surface area contributed by atoms with Crippen molar-refractivity contribution in [3.05, 3.63) is 23.9 Å². The Morgan fingerprint density at radius 2 is 2.20 bits per heavy atom. The van der Waals surface area contributed by atoms with Crippen molar-refractivity contribution in [2.45, 2.75) is 57.8 Å². The molecule has 112 valence electrons. The zero-order chi connectivity index (χ0) is 14.2. The van der Waals surface area contributed by atoms with E-state index in [1.807, 2.05) is 18.3 Å². The molecule has 4 nitrogen and oxygen atoms in total. The van der Waals surface area contributed by atoms with Crippen molar-refractivity contribution in [3.8, 4) is 5.88 Å². The molecule has 1 aliphatic rings. The van der Waals surface area contributed by atoms with Crippen molar-refractivity contribution in [1.82, 2.24) is 10.3 Å². The minimum Gasteiger partial charge on any atom is -0.474 e. The minimum atomic E-state index is 0.236. The van der Waals surface area contributed by atoms with Gasteiger partial charge in [0, 0.05) is 32.3 Å². The highest BCUT2D eigenvalue weighted by molar-refractivity contribution is 5.20. The molecule has 0 bridgehead atoms. The summed E-state index contributed by atoms with van der Waals surface area (Å²) in [5.74, 6) is 0.738. The number of ether oxygens (including phenoxy) is 2. The molecular weight excluding hydrogens is 252 g/mol. The Kier molecular flexibility index (Phi) is 6.27. The first kappa shape index (κ1) is 15.3. The fourth-order valence-electron chi connectivity index (χ4n) is 2.63. The number of pyridine rings is 1. The molecule has 2 unspecified atom stereocenters. The molecule has 20 heavy (non-hydrogen) atoms. The molecule has 2 atom stereocenters. The molecule has 1 N–H and O–H groups in total. The van der Waals surface area contributed by atoms with Gasteiger partial charge in [-0.1, -0.05) is 6.92 Å². The van der Waals surface area contributed by atoms with E-state index in [0.717, 1.165) is 44.7 Å². The normalized spacial score (nSPS) is 22.7. The third-order valence-corrected chi connectivity index (χ3v) is 3.75. The zero-order valence-corrected chi connectivity index (χ0v) is 12.6. The van der Waals surface area contributed by atoms with E-state index in [1.54, 1.807) is 7.11 Å². The molecule has 1 fully saturated rings.